The largest absolute Gasteiger partial charge is 0.481 e. The lowest BCUT2D eigenvalue weighted by molar-refractivity contribution is -0.138. The highest BCUT2D eigenvalue weighted by atomic mass is 32.2. The van der Waals surface area contributed by atoms with E-state index >= 15 is 0 Å². The summed E-state index contributed by atoms with van der Waals surface area (Å²) in [7, 11) is 0. The number of carbonyl (C=O) groups is 2. The van der Waals surface area contributed by atoms with Gasteiger partial charge in [-0.2, -0.15) is 0 Å². The zero-order chi connectivity index (χ0) is 15.0. The number of aliphatic carboxylic acids is 2. The molecule has 2 N–H and O–H groups in total. The fourth-order valence-corrected chi connectivity index (χ4v) is 2.28. The molecular formula is C14H19NO4S. The van der Waals surface area contributed by atoms with Gasteiger partial charge in [-0.25, -0.2) is 0 Å². The van der Waals surface area contributed by atoms with Crippen molar-refractivity contribution in [2.75, 3.05) is 24.2 Å². The Balaban J connectivity index is 2.73. The van der Waals surface area contributed by atoms with Crippen LogP contribution in [-0.2, 0) is 9.59 Å². The lowest BCUT2D eigenvalue weighted by atomic mass is 10.2. The van der Waals surface area contributed by atoms with Gasteiger partial charge in [-0.05, 0) is 30.9 Å². The summed E-state index contributed by atoms with van der Waals surface area (Å²) >= 11 is 1.62. The molecule has 0 saturated heterocycles. The molecule has 1 aromatic carbocycles. The van der Waals surface area contributed by atoms with E-state index in [9.17, 15) is 9.59 Å². The number of anilines is 1. The van der Waals surface area contributed by atoms with Crippen molar-refractivity contribution >= 4 is 29.4 Å². The normalized spacial score (nSPS) is 10.2. The Labute approximate surface area is 122 Å². The molecule has 0 heterocycles. The van der Waals surface area contributed by atoms with Crippen molar-refractivity contribution in [3.8, 4) is 0 Å². The maximum Gasteiger partial charge on any atom is 0.305 e. The lowest BCUT2D eigenvalue weighted by Crippen LogP contribution is -2.27. The summed E-state index contributed by atoms with van der Waals surface area (Å²) in [6.45, 7) is 0.921. The first-order chi connectivity index (χ1) is 9.52. The van der Waals surface area contributed by atoms with E-state index in [-0.39, 0.29) is 12.8 Å². The lowest BCUT2D eigenvalue weighted by Gasteiger charge is -2.24. The highest BCUT2D eigenvalue weighted by Gasteiger charge is 2.10. The van der Waals surface area contributed by atoms with Gasteiger partial charge in [0.2, 0.25) is 0 Å². The van der Waals surface area contributed by atoms with Crippen molar-refractivity contribution in [2.24, 2.45) is 0 Å². The number of benzene rings is 1. The van der Waals surface area contributed by atoms with E-state index in [0.717, 1.165) is 10.6 Å². The molecule has 110 valence electrons. The maximum absolute atomic E-state index is 10.7. The van der Waals surface area contributed by atoms with Crippen LogP contribution in [0.15, 0.2) is 29.2 Å². The van der Waals surface area contributed by atoms with E-state index < -0.39 is 11.9 Å². The minimum atomic E-state index is -0.853. The quantitative estimate of drug-likeness (QED) is 0.682. The zero-order valence-corrected chi connectivity index (χ0v) is 12.2. The Morgan fingerprint density at radius 1 is 1.15 bits per heavy atom. The second-order valence-corrected chi connectivity index (χ2v) is 5.21. The molecule has 20 heavy (non-hydrogen) atoms. The van der Waals surface area contributed by atoms with Gasteiger partial charge in [0.15, 0.2) is 0 Å². The average molecular weight is 297 g/mol. The topological polar surface area (TPSA) is 77.8 Å². The number of nitrogens with zero attached hydrogens (tertiary/aromatic N) is 1. The van der Waals surface area contributed by atoms with Gasteiger partial charge in [0, 0.05) is 30.1 Å². The number of hydrogen-bond acceptors (Lipinski definition) is 4. The molecule has 0 aromatic heterocycles. The van der Waals surface area contributed by atoms with Crippen molar-refractivity contribution < 1.29 is 19.8 Å². The highest BCUT2D eigenvalue weighted by molar-refractivity contribution is 7.98. The number of rotatable bonds is 9. The number of thioether (sulfide) groups is 1. The average Bonchev–Trinajstić information content (AvgIpc) is 2.42. The molecule has 0 aliphatic rings. The molecule has 0 amide bonds. The minimum Gasteiger partial charge on any atom is -0.481 e. The molecule has 0 radical (unpaired) electrons. The van der Waals surface area contributed by atoms with Gasteiger partial charge in [-0.15, -0.1) is 11.8 Å². The Morgan fingerprint density at radius 3 is 2.45 bits per heavy atom. The van der Waals surface area contributed by atoms with E-state index in [0.29, 0.717) is 19.5 Å². The molecule has 0 atom stereocenters. The molecule has 0 fully saturated rings. The van der Waals surface area contributed by atoms with E-state index in [4.69, 9.17) is 10.2 Å². The van der Waals surface area contributed by atoms with Gasteiger partial charge in [-0.3, -0.25) is 9.59 Å². The Hall–Kier alpha value is -1.69. The molecule has 0 aliphatic heterocycles. The van der Waals surface area contributed by atoms with Crippen molar-refractivity contribution in [1.29, 1.82) is 0 Å². The van der Waals surface area contributed by atoms with Gasteiger partial charge in [0.25, 0.3) is 0 Å². The number of carboxylic acids is 2. The van der Waals surface area contributed by atoms with Crippen LogP contribution in [0.3, 0.4) is 0 Å². The monoisotopic (exact) mass is 297 g/mol. The van der Waals surface area contributed by atoms with Crippen molar-refractivity contribution in [2.45, 2.75) is 24.2 Å². The molecule has 1 rings (SSSR count). The standard InChI is InChI=1S/C14H19NO4S/c1-20-12-5-2-4-11(10-12)15(9-7-14(18)19)8-3-6-13(16)17/h2,4-5,10H,3,6-9H2,1H3,(H,16,17)(H,18,19). The van der Waals surface area contributed by atoms with Gasteiger partial charge >= 0.3 is 11.9 Å². The van der Waals surface area contributed by atoms with Gasteiger partial charge < -0.3 is 15.1 Å². The summed E-state index contributed by atoms with van der Waals surface area (Å²) in [4.78, 5) is 24.3. The number of hydrogen-bond donors (Lipinski definition) is 2. The third-order valence-corrected chi connectivity index (χ3v) is 3.56. The fraction of sp³-hybridized carbons (Fsp3) is 0.429. The third-order valence-electron chi connectivity index (χ3n) is 2.83. The number of carboxylic acid groups (broad SMARTS) is 2. The van der Waals surface area contributed by atoms with Crippen LogP contribution < -0.4 is 4.90 Å². The van der Waals surface area contributed by atoms with Crippen LogP contribution in [0.4, 0.5) is 5.69 Å². The first kappa shape index (κ1) is 16.4. The maximum atomic E-state index is 10.7. The Kier molecular flexibility index (Phi) is 6.93. The first-order valence-electron chi connectivity index (χ1n) is 6.35. The summed E-state index contributed by atoms with van der Waals surface area (Å²) < 4.78 is 0. The predicted octanol–water partition coefficient (Wildman–Crippen LogP) is 2.55. The predicted molar refractivity (Wildman–Crippen MR) is 79.6 cm³/mol. The summed E-state index contributed by atoms with van der Waals surface area (Å²) in [5.41, 5.74) is 0.934. The zero-order valence-electron chi connectivity index (χ0n) is 11.4. The minimum absolute atomic E-state index is 0.0383. The summed E-state index contributed by atoms with van der Waals surface area (Å²) in [5, 5.41) is 17.5. The molecule has 0 spiro atoms. The second-order valence-electron chi connectivity index (χ2n) is 4.33. The van der Waals surface area contributed by atoms with Crippen molar-refractivity contribution in [3.05, 3.63) is 24.3 Å². The molecule has 1 aromatic rings. The second kappa shape index (κ2) is 8.47. The van der Waals surface area contributed by atoms with Gasteiger partial charge in [-0.1, -0.05) is 6.07 Å². The SMILES string of the molecule is CSc1cccc(N(CCCC(=O)O)CCC(=O)O)c1. The highest BCUT2D eigenvalue weighted by Crippen LogP contribution is 2.22. The third kappa shape index (κ3) is 5.97. The van der Waals surface area contributed by atoms with E-state index in [2.05, 4.69) is 0 Å². The van der Waals surface area contributed by atoms with Crippen LogP contribution >= 0.6 is 11.8 Å². The molecule has 0 saturated carbocycles. The molecule has 0 unspecified atom stereocenters. The molecule has 5 nitrogen and oxygen atoms in total. The van der Waals surface area contributed by atoms with Crippen LogP contribution in [0.5, 0.6) is 0 Å². The molecule has 0 aliphatic carbocycles. The summed E-state index contributed by atoms with van der Waals surface area (Å²) in [5.74, 6) is -1.68. The van der Waals surface area contributed by atoms with Crippen LogP contribution in [0.1, 0.15) is 19.3 Å². The first-order valence-corrected chi connectivity index (χ1v) is 7.58. The molecular weight excluding hydrogens is 278 g/mol. The molecule has 6 heteroatoms. The summed E-state index contributed by atoms with van der Waals surface area (Å²) in [6.07, 6.45) is 2.60. The van der Waals surface area contributed by atoms with Crippen molar-refractivity contribution in [1.82, 2.24) is 0 Å². The van der Waals surface area contributed by atoms with E-state index in [1.807, 2.05) is 35.4 Å². The fourth-order valence-electron chi connectivity index (χ4n) is 1.83. The van der Waals surface area contributed by atoms with Crippen LogP contribution in [0, 0.1) is 0 Å². The van der Waals surface area contributed by atoms with Gasteiger partial charge in [0.05, 0.1) is 6.42 Å². The van der Waals surface area contributed by atoms with Crippen molar-refractivity contribution in [3.63, 3.8) is 0 Å². The Morgan fingerprint density at radius 2 is 1.85 bits per heavy atom. The molecule has 0 bridgehead atoms. The Bertz CT molecular complexity index is 464. The summed E-state index contributed by atoms with van der Waals surface area (Å²) in [6, 6.07) is 7.82. The van der Waals surface area contributed by atoms with Crippen LogP contribution in [0.25, 0.3) is 0 Å². The van der Waals surface area contributed by atoms with E-state index in [1.54, 1.807) is 11.8 Å². The van der Waals surface area contributed by atoms with Gasteiger partial charge in [0.1, 0.15) is 0 Å². The van der Waals surface area contributed by atoms with Crippen LogP contribution in [-0.4, -0.2) is 41.5 Å². The van der Waals surface area contributed by atoms with Crippen LogP contribution in [0.2, 0.25) is 0 Å². The van der Waals surface area contributed by atoms with E-state index in [1.165, 1.54) is 0 Å². The smallest absolute Gasteiger partial charge is 0.305 e.